The molecule has 1 aliphatic carbocycles. The summed E-state index contributed by atoms with van der Waals surface area (Å²) in [4.78, 5) is 13.7. The third-order valence-electron chi connectivity index (χ3n) is 3.82. The first-order valence-corrected chi connectivity index (χ1v) is 6.49. The van der Waals surface area contributed by atoms with Gasteiger partial charge in [-0.25, -0.2) is 4.79 Å². The number of likely N-dealkylation sites (tertiary alicyclic amines) is 1. The van der Waals surface area contributed by atoms with Crippen LogP contribution in [0.1, 0.15) is 40.0 Å². The van der Waals surface area contributed by atoms with E-state index in [0.29, 0.717) is 11.5 Å². The van der Waals surface area contributed by atoms with E-state index in [1.807, 2.05) is 32.7 Å². The quantitative estimate of drug-likeness (QED) is 0.762. The van der Waals surface area contributed by atoms with Gasteiger partial charge in [-0.2, -0.15) is 0 Å². The lowest BCUT2D eigenvalue weighted by Gasteiger charge is -2.48. The normalized spacial score (nSPS) is 27.1. The number of rotatable bonds is 1. The number of hydrogen-bond donors (Lipinski definition) is 1. The molecule has 0 aromatic heterocycles. The predicted molar refractivity (Wildman–Crippen MR) is 66.9 cm³/mol. The molecule has 1 saturated carbocycles. The van der Waals surface area contributed by atoms with E-state index < -0.39 is 0 Å². The summed E-state index contributed by atoms with van der Waals surface area (Å²) in [7, 11) is 2.02. The van der Waals surface area contributed by atoms with Gasteiger partial charge in [-0.05, 0) is 47.1 Å². The van der Waals surface area contributed by atoms with Crippen LogP contribution in [-0.4, -0.2) is 42.8 Å². The van der Waals surface area contributed by atoms with E-state index in [9.17, 15) is 4.79 Å². The van der Waals surface area contributed by atoms with Crippen molar-refractivity contribution in [2.45, 2.75) is 51.7 Å². The summed E-state index contributed by atoms with van der Waals surface area (Å²) in [6.45, 7) is 7.48. The fourth-order valence-electron chi connectivity index (χ4n) is 2.96. The molecule has 1 aliphatic heterocycles. The number of ether oxygens (including phenoxy) is 1. The molecule has 0 aromatic carbocycles. The molecule has 0 aromatic rings. The number of nitrogens with one attached hydrogen (secondary N) is 1. The van der Waals surface area contributed by atoms with Crippen LogP contribution in [0.3, 0.4) is 0 Å². The Morgan fingerprint density at radius 2 is 2.06 bits per heavy atom. The summed E-state index contributed by atoms with van der Waals surface area (Å²) >= 11 is 0. The third kappa shape index (κ3) is 2.73. The van der Waals surface area contributed by atoms with Crippen LogP contribution in [0.5, 0.6) is 0 Å². The molecule has 1 heterocycles. The highest BCUT2D eigenvalue weighted by molar-refractivity contribution is 5.69. The molecule has 17 heavy (non-hydrogen) atoms. The first kappa shape index (κ1) is 12.7. The largest absolute Gasteiger partial charge is 0.444 e. The van der Waals surface area contributed by atoms with Gasteiger partial charge in [-0.1, -0.05) is 0 Å². The van der Waals surface area contributed by atoms with E-state index in [-0.39, 0.29) is 11.7 Å². The lowest BCUT2D eigenvalue weighted by atomic mass is 9.78. The van der Waals surface area contributed by atoms with Gasteiger partial charge in [0.05, 0.1) is 0 Å². The standard InChI is InChI=1S/C13H24N2O2/c1-12(2,3)17-11(16)15-8-13(9-15)6-5-10(7-13)14-4/h10,14H,5-9H2,1-4H3. The Kier molecular flexibility index (Phi) is 3.10. The van der Waals surface area contributed by atoms with Crippen LogP contribution in [0.4, 0.5) is 4.79 Å². The molecule has 1 amide bonds. The van der Waals surface area contributed by atoms with Crippen molar-refractivity contribution >= 4 is 6.09 Å². The molecule has 2 fully saturated rings. The summed E-state index contributed by atoms with van der Waals surface area (Å²) < 4.78 is 5.37. The lowest BCUT2D eigenvalue weighted by molar-refractivity contribution is -0.0325. The smallest absolute Gasteiger partial charge is 0.410 e. The maximum Gasteiger partial charge on any atom is 0.410 e. The van der Waals surface area contributed by atoms with Crippen molar-refractivity contribution in [1.29, 1.82) is 0 Å². The molecule has 0 bridgehead atoms. The minimum Gasteiger partial charge on any atom is -0.444 e. The zero-order valence-corrected chi connectivity index (χ0v) is 11.4. The summed E-state index contributed by atoms with van der Waals surface area (Å²) in [6, 6.07) is 0.635. The van der Waals surface area contributed by atoms with Gasteiger partial charge in [0.15, 0.2) is 0 Å². The van der Waals surface area contributed by atoms with Crippen LogP contribution in [0.15, 0.2) is 0 Å². The van der Waals surface area contributed by atoms with Crippen LogP contribution < -0.4 is 5.32 Å². The van der Waals surface area contributed by atoms with Crippen molar-refractivity contribution in [2.75, 3.05) is 20.1 Å². The first-order chi connectivity index (χ1) is 7.84. The highest BCUT2D eigenvalue weighted by atomic mass is 16.6. The number of nitrogens with zero attached hydrogens (tertiary/aromatic N) is 1. The van der Waals surface area contributed by atoms with Crippen molar-refractivity contribution in [3.05, 3.63) is 0 Å². The van der Waals surface area contributed by atoms with E-state index >= 15 is 0 Å². The Hall–Kier alpha value is -0.770. The minimum atomic E-state index is -0.386. The van der Waals surface area contributed by atoms with Gasteiger partial charge in [-0.15, -0.1) is 0 Å². The Morgan fingerprint density at radius 3 is 2.53 bits per heavy atom. The van der Waals surface area contributed by atoms with Crippen LogP contribution in [0, 0.1) is 5.41 Å². The van der Waals surface area contributed by atoms with Gasteiger partial charge in [-0.3, -0.25) is 0 Å². The van der Waals surface area contributed by atoms with Gasteiger partial charge < -0.3 is 15.0 Å². The van der Waals surface area contributed by atoms with E-state index in [0.717, 1.165) is 13.1 Å². The molecule has 2 aliphatic rings. The molecule has 98 valence electrons. The monoisotopic (exact) mass is 240 g/mol. The molecule has 4 nitrogen and oxygen atoms in total. The molecule has 1 unspecified atom stereocenters. The van der Waals surface area contributed by atoms with E-state index in [1.54, 1.807) is 0 Å². The van der Waals surface area contributed by atoms with Crippen molar-refractivity contribution in [2.24, 2.45) is 5.41 Å². The first-order valence-electron chi connectivity index (χ1n) is 6.49. The SMILES string of the molecule is CNC1CCC2(C1)CN(C(=O)OC(C)(C)C)C2. The molecular weight excluding hydrogens is 216 g/mol. The summed E-state index contributed by atoms with van der Waals surface area (Å²) in [5, 5.41) is 3.33. The van der Waals surface area contributed by atoms with Gasteiger partial charge >= 0.3 is 6.09 Å². The van der Waals surface area contributed by atoms with Gasteiger partial charge in [0.25, 0.3) is 0 Å². The van der Waals surface area contributed by atoms with E-state index in [4.69, 9.17) is 4.74 Å². The van der Waals surface area contributed by atoms with E-state index in [2.05, 4.69) is 5.32 Å². The fraction of sp³-hybridized carbons (Fsp3) is 0.923. The molecule has 0 radical (unpaired) electrons. The second-order valence-electron chi connectivity index (χ2n) is 6.56. The maximum absolute atomic E-state index is 11.8. The highest BCUT2D eigenvalue weighted by Crippen LogP contribution is 2.45. The molecule has 1 saturated heterocycles. The Labute approximate surface area is 104 Å². The van der Waals surface area contributed by atoms with E-state index in [1.165, 1.54) is 19.3 Å². The van der Waals surface area contributed by atoms with Crippen molar-refractivity contribution < 1.29 is 9.53 Å². The molecule has 1 atom stereocenters. The van der Waals surface area contributed by atoms with Gasteiger partial charge in [0.2, 0.25) is 0 Å². The summed E-state index contributed by atoms with van der Waals surface area (Å²) in [5.41, 5.74) is -0.00635. The summed E-state index contributed by atoms with van der Waals surface area (Å²) in [6.07, 6.45) is 3.51. The Morgan fingerprint density at radius 1 is 1.41 bits per heavy atom. The van der Waals surface area contributed by atoms with Crippen molar-refractivity contribution in [3.63, 3.8) is 0 Å². The molecule has 1 spiro atoms. The van der Waals surface area contributed by atoms with Crippen LogP contribution in [0.2, 0.25) is 0 Å². The molecular formula is C13H24N2O2. The molecule has 2 rings (SSSR count). The topological polar surface area (TPSA) is 41.6 Å². The van der Waals surface area contributed by atoms with Crippen molar-refractivity contribution in [3.8, 4) is 0 Å². The fourth-order valence-corrected chi connectivity index (χ4v) is 2.96. The average molecular weight is 240 g/mol. The Balaban J connectivity index is 1.81. The summed E-state index contributed by atoms with van der Waals surface area (Å²) in [5.74, 6) is 0. The van der Waals surface area contributed by atoms with Crippen LogP contribution in [-0.2, 0) is 4.74 Å². The second kappa shape index (κ2) is 4.16. The number of hydrogen-bond acceptors (Lipinski definition) is 3. The second-order valence-corrected chi connectivity index (χ2v) is 6.56. The number of carbonyl (C=O) groups is 1. The van der Waals surface area contributed by atoms with Crippen molar-refractivity contribution in [1.82, 2.24) is 10.2 Å². The molecule has 4 heteroatoms. The lowest BCUT2D eigenvalue weighted by Crippen LogP contribution is -2.58. The Bertz CT molecular complexity index is 303. The predicted octanol–water partition coefficient (Wildman–Crippen LogP) is 2.00. The maximum atomic E-state index is 11.8. The highest BCUT2D eigenvalue weighted by Gasteiger charge is 2.50. The minimum absolute atomic E-state index is 0.156. The zero-order valence-electron chi connectivity index (χ0n) is 11.4. The van der Waals surface area contributed by atoms with Crippen LogP contribution >= 0.6 is 0 Å². The average Bonchev–Trinajstić information content (AvgIpc) is 2.56. The third-order valence-corrected chi connectivity index (χ3v) is 3.82. The zero-order chi connectivity index (χ0) is 12.7. The molecule has 1 N–H and O–H groups in total. The number of carbonyl (C=O) groups excluding carboxylic acids is 1. The van der Waals surface area contributed by atoms with Gasteiger partial charge in [0, 0.05) is 24.5 Å². The van der Waals surface area contributed by atoms with Crippen LogP contribution in [0.25, 0.3) is 0 Å². The van der Waals surface area contributed by atoms with Gasteiger partial charge in [0.1, 0.15) is 5.60 Å². The number of amides is 1.